The molecule has 1 aromatic carbocycles. The summed E-state index contributed by atoms with van der Waals surface area (Å²) in [6.07, 6.45) is 4.89. The zero-order chi connectivity index (χ0) is 25.0. The normalized spacial score (nSPS) is 20.4. The summed E-state index contributed by atoms with van der Waals surface area (Å²) in [5, 5.41) is 3.21. The number of ether oxygens (including phenoxy) is 1. The lowest BCUT2D eigenvalue weighted by molar-refractivity contribution is -0.137. The molecule has 1 saturated heterocycles. The first kappa shape index (κ1) is 24.9. The highest BCUT2D eigenvalue weighted by atomic mass is 16.5. The van der Waals surface area contributed by atoms with Crippen LogP contribution in [0.15, 0.2) is 48.8 Å². The van der Waals surface area contributed by atoms with Crippen LogP contribution < -0.4 is 5.32 Å². The molecule has 1 fully saturated rings. The van der Waals surface area contributed by atoms with Crippen molar-refractivity contribution in [2.75, 3.05) is 33.8 Å². The molecule has 0 bridgehead atoms. The maximum atomic E-state index is 13.1. The van der Waals surface area contributed by atoms with Gasteiger partial charge in [0.05, 0.1) is 17.7 Å². The maximum Gasteiger partial charge on any atom is 0.253 e. The lowest BCUT2D eigenvalue weighted by atomic mass is 9.71. The highest BCUT2D eigenvalue weighted by Crippen LogP contribution is 2.52. The second-order valence-electron chi connectivity index (χ2n) is 9.48. The number of rotatable bonds is 7. The molecule has 1 aromatic heterocycles. The number of likely N-dealkylation sites (tertiary alicyclic amines) is 1. The van der Waals surface area contributed by atoms with E-state index in [-0.39, 0.29) is 48.1 Å². The second-order valence-corrected chi connectivity index (χ2v) is 9.48. The van der Waals surface area contributed by atoms with Crippen LogP contribution in [0.5, 0.6) is 0 Å². The Morgan fingerprint density at radius 1 is 1.11 bits per heavy atom. The SMILES string of the molecule is CCO[C@H]1[C@H](NC(=O)c2cccnc2)c2ccccc2C12CCN(C(=O)CCC(=O)N(C)C)CC2. The van der Waals surface area contributed by atoms with Crippen LogP contribution in [0, 0.1) is 0 Å². The molecule has 2 atom stereocenters. The molecule has 2 aliphatic rings. The zero-order valence-electron chi connectivity index (χ0n) is 20.7. The van der Waals surface area contributed by atoms with Crippen molar-refractivity contribution in [1.82, 2.24) is 20.1 Å². The van der Waals surface area contributed by atoms with E-state index in [1.807, 2.05) is 24.0 Å². The number of nitrogens with zero attached hydrogens (tertiary/aromatic N) is 3. The number of hydrogen-bond acceptors (Lipinski definition) is 5. The fraction of sp³-hybridized carbons (Fsp3) is 0.481. The lowest BCUT2D eigenvalue weighted by Gasteiger charge is -2.44. The third-order valence-corrected chi connectivity index (χ3v) is 7.30. The Labute approximate surface area is 206 Å². The predicted octanol–water partition coefficient (Wildman–Crippen LogP) is 2.70. The molecule has 8 nitrogen and oxygen atoms in total. The molecular formula is C27H34N4O4. The van der Waals surface area contributed by atoms with Crippen LogP contribution in [0.1, 0.15) is 60.1 Å². The van der Waals surface area contributed by atoms with Crippen LogP contribution in [0.3, 0.4) is 0 Å². The summed E-state index contributed by atoms with van der Waals surface area (Å²) in [7, 11) is 3.40. The highest BCUT2D eigenvalue weighted by Gasteiger charge is 2.54. The quantitative estimate of drug-likeness (QED) is 0.661. The van der Waals surface area contributed by atoms with Crippen LogP contribution >= 0.6 is 0 Å². The van der Waals surface area contributed by atoms with Gasteiger partial charge >= 0.3 is 0 Å². The molecule has 1 aliphatic heterocycles. The van der Waals surface area contributed by atoms with Gasteiger partial charge in [0.2, 0.25) is 11.8 Å². The molecule has 2 heterocycles. The van der Waals surface area contributed by atoms with Gasteiger partial charge in [-0.15, -0.1) is 0 Å². The minimum Gasteiger partial charge on any atom is -0.375 e. The standard InChI is InChI=1S/C27H34N4O4/c1-4-35-25-24(29-26(34)19-8-7-15-28-18-19)20-9-5-6-10-21(20)27(25)13-16-31(17-14-27)23(33)12-11-22(32)30(2)3/h5-10,15,18,24-25H,4,11-14,16-17H2,1-3H3,(H,29,34)/t24-,25+/m1/s1. The van der Waals surface area contributed by atoms with Crippen molar-refractivity contribution in [3.8, 4) is 0 Å². The van der Waals surface area contributed by atoms with Gasteiger partial charge in [-0.3, -0.25) is 19.4 Å². The van der Waals surface area contributed by atoms with Gasteiger partial charge in [0.1, 0.15) is 0 Å². The zero-order valence-corrected chi connectivity index (χ0v) is 20.7. The summed E-state index contributed by atoms with van der Waals surface area (Å²) in [6, 6.07) is 11.4. The van der Waals surface area contributed by atoms with E-state index in [1.54, 1.807) is 38.6 Å². The van der Waals surface area contributed by atoms with E-state index >= 15 is 0 Å². The number of hydrogen-bond donors (Lipinski definition) is 1. The highest BCUT2D eigenvalue weighted by molar-refractivity contribution is 5.94. The summed E-state index contributed by atoms with van der Waals surface area (Å²) in [6.45, 7) is 3.68. The minimum absolute atomic E-state index is 0.00993. The first-order chi connectivity index (χ1) is 16.9. The number of benzene rings is 1. The van der Waals surface area contributed by atoms with Crippen LogP contribution in [0.2, 0.25) is 0 Å². The molecule has 2 aromatic rings. The predicted molar refractivity (Wildman–Crippen MR) is 132 cm³/mol. The molecule has 0 radical (unpaired) electrons. The Hall–Kier alpha value is -3.26. The minimum atomic E-state index is -0.296. The van der Waals surface area contributed by atoms with Crippen molar-refractivity contribution in [3.63, 3.8) is 0 Å². The van der Waals surface area contributed by atoms with E-state index in [4.69, 9.17) is 4.74 Å². The van der Waals surface area contributed by atoms with Gasteiger partial charge in [0, 0.05) is 64.4 Å². The van der Waals surface area contributed by atoms with Crippen molar-refractivity contribution in [3.05, 3.63) is 65.5 Å². The van der Waals surface area contributed by atoms with Gasteiger partial charge in [-0.2, -0.15) is 0 Å². The summed E-state index contributed by atoms with van der Waals surface area (Å²) >= 11 is 0. The van der Waals surface area contributed by atoms with Crippen LogP contribution in [0.4, 0.5) is 0 Å². The third-order valence-electron chi connectivity index (χ3n) is 7.30. The average Bonchev–Trinajstić information content (AvgIpc) is 3.12. The summed E-state index contributed by atoms with van der Waals surface area (Å²) in [5.74, 6) is -0.214. The van der Waals surface area contributed by atoms with Crippen LogP contribution in [0.25, 0.3) is 0 Å². The maximum absolute atomic E-state index is 13.1. The van der Waals surface area contributed by atoms with Gasteiger partial charge in [-0.25, -0.2) is 0 Å². The van der Waals surface area contributed by atoms with Gasteiger partial charge in [0.15, 0.2) is 0 Å². The van der Waals surface area contributed by atoms with Gasteiger partial charge in [-0.05, 0) is 43.0 Å². The molecule has 1 N–H and O–H groups in total. The lowest BCUT2D eigenvalue weighted by Crippen LogP contribution is -2.52. The molecule has 1 spiro atoms. The topological polar surface area (TPSA) is 91.8 Å². The largest absolute Gasteiger partial charge is 0.375 e. The third kappa shape index (κ3) is 4.93. The molecule has 35 heavy (non-hydrogen) atoms. The number of aromatic nitrogens is 1. The molecule has 186 valence electrons. The molecule has 3 amide bonds. The molecule has 0 saturated carbocycles. The van der Waals surface area contributed by atoms with Crippen molar-refractivity contribution in [1.29, 1.82) is 0 Å². The van der Waals surface area contributed by atoms with Crippen molar-refractivity contribution in [2.24, 2.45) is 0 Å². The van der Waals surface area contributed by atoms with Crippen molar-refractivity contribution >= 4 is 17.7 Å². The van der Waals surface area contributed by atoms with Crippen LogP contribution in [-0.2, 0) is 19.7 Å². The summed E-state index contributed by atoms with van der Waals surface area (Å²) in [4.78, 5) is 45.2. The molecule has 8 heteroatoms. The number of amides is 3. The van der Waals surface area contributed by atoms with Gasteiger partial charge < -0.3 is 19.9 Å². The first-order valence-electron chi connectivity index (χ1n) is 12.3. The fourth-order valence-corrected chi connectivity index (χ4v) is 5.47. The van der Waals surface area contributed by atoms with Gasteiger partial charge in [-0.1, -0.05) is 24.3 Å². The van der Waals surface area contributed by atoms with Crippen molar-refractivity contribution in [2.45, 2.75) is 50.2 Å². The van der Waals surface area contributed by atoms with E-state index in [0.29, 0.717) is 25.3 Å². The molecular weight excluding hydrogens is 444 g/mol. The van der Waals surface area contributed by atoms with E-state index in [0.717, 1.165) is 18.4 Å². The Kier molecular flexibility index (Phi) is 7.50. The summed E-state index contributed by atoms with van der Waals surface area (Å²) < 4.78 is 6.35. The Balaban J connectivity index is 1.54. The average molecular weight is 479 g/mol. The number of carbonyl (C=O) groups is 3. The van der Waals surface area contributed by atoms with E-state index in [9.17, 15) is 14.4 Å². The number of fused-ring (bicyclic) bond motifs is 2. The van der Waals surface area contributed by atoms with E-state index < -0.39 is 0 Å². The number of carbonyl (C=O) groups excluding carboxylic acids is 3. The molecule has 1 aliphatic carbocycles. The Morgan fingerprint density at radius 3 is 2.51 bits per heavy atom. The second kappa shape index (κ2) is 10.6. The van der Waals surface area contributed by atoms with Crippen molar-refractivity contribution < 1.29 is 19.1 Å². The van der Waals surface area contributed by atoms with E-state index in [1.165, 1.54) is 10.5 Å². The fourth-order valence-electron chi connectivity index (χ4n) is 5.47. The number of pyridine rings is 1. The molecule has 0 unspecified atom stereocenters. The number of piperidine rings is 1. The van der Waals surface area contributed by atoms with E-state index in [2.05, 4.69) is 22.4 Å². The van der Waals surface area contributed by atoms with Gasteiger partial charge in [0.25, 0.3) is 5.91 Å². The summed E-state index contributed by atoms with van der Waals surface area (Å²) in [5.41, 5.74) is 2.47. The Morgan fingerprint density at radius 2 is 1.86 bits per heavy atom. The first-order valence-corrected chi connectivity index (χ1v) is 12.3. The van der Waals surface area contributed by atoms with Crippen LogP contribution in [-0.4, -0.2) is 72.4 Å². The molecule has 4 rings (SSSR count). The smallest absolute Gasteiger partial charge is 0.253 e. The monoisotopic (exact) mass is 478 g/mol. The Bertz CT molecular complexity index is 1060. The number of nitrogens with one attached hydrogen (secondary N) is 1.